The number of benzene rings is 1. The van der Waals surface area contributed by atoms with Gasteiger partial charge in [0.2, 0.25) is 0 Å². The summed E-state index contributed by atoms with van der Waals surface area (Å²) in [6, 6.07) is 3.84. The monoisotopic (exact) mass is 315 g/mol. The molecule has 0 aliphatic carbocycles. The van der Waals surface area contributed by atoms with Crippen molar-refractivity contribution in [2.45, 2.75) is 32.7 Å². The number of methoxy groups -OCH3 is 2. The zero-order valence-electron chi connectivity index (χ0n) is 13.2. The molecule has 0 bridgehead atoms. The molecule has 0 saturated heterocycles. The maximum atomic E-state index is 6.17. The summed E-state index contributed by atoms with van der Waals surface area (Å²) in [5, 5.41) is 3.94. The first-order chi connectivity index (χ1) is 10.2. The molecule has 0 amide bonds. The van der Waals surface area contributed by atoms with Crippen LogP contribution >= 0.6 is 11.6 Å². The van der Waals surface area contributed by atoms with E-state index < -0.39 is 0 Å². The van der Waals surface area contributed by atoms with E-state index in [1.54, 1.807) is 14.2 Å². The fourth-order valence-electron chi connectivity index (χ4n) is 1.95. The van der Waals surface area contributed by atoms with Crippen LogP contribution in [0.3, 0.4) is 0 Å². The number of unbranched alkanes of at least 4 members (excludes halogenated alkanes) is 1. The van der Waals surface area contributed by atoms with E-state index in [4.69, 9.17) is 25.8 Å². The van der Waals surface area contributed by atoms with E-state index in [1.165, 1.54) is 6.42 Å². The lowest BCUT2D eigenvalue weighted by Crippen LogP contribution is -2.16. The Morgan fingerprint density at radius 2 is 1.86 bits per heavy atom. The zero-order chi connectivity index (χ0) is 15.5. The van der Waals surface area contributed by atoms with Crippen molar-refractivity contribution in [3.63, 3.8) is 0 Å². The van der Waals surface area contributed by atoms with Crippen LogP contribution in [0, 0.1) is 0 Å². The molecule has 0 unspecified atom stereocenters. The molecule has 1 aromatic carbocycles. The molecule has 0 spiro atoms. The van der Waals surface area contributed by atoms with Crippen LogP contribution in [0.5, 0.6) is 11.5 Å². The highest BCUT2D eigenvalue weighted by Gasteiger charge is 2.10. The van der Waals surface area contributed by atoms with Gasteiger partial charge in [-0.05, 0) is 37.1 Å². The topological polar surface area (TPSA) is 39.7 Å². The summed E-state index contributed by atoms with van der Waals surface area (Å²) in [6.45, 7) is 5.49. The number of hydrogen-bond donors (Lipinski definition) is 1. The molecular formula is C16H26ClNO3. The Kier molecular flexibility index (Phi) is 9.22. The van der Waals surface area contributed by atoms with Crippen LogP contribution in [0.15, 0.2) is 12.1 Å². The van der Waals surface area contributed by atoms with Gasteiger partial charge in [0.25, 0.3) is 0 Å². The molecule has 0 radical (unpaired) electrons. The van der Waals surface area contributed by atoms with Gasteiger partial charge in [0.15, 0.2) is 11.5 Å². The number of hydrogen-bond acceptors (Lipinski definition) is 4. The van der Waals surface area contributed by atoms with Crippen molar-refractivity contribution in [2.75, 3.05) is 34.0 Å². The van der Waals surface area contributed by atoms with Crippen molar-refractivity contribution in [2.24, 2.45) is 0 Å². The maximum absolute atomic E-state index is 6.17. The highest BCUT2D eigenvalue weighted by Crippen LogP contribution is 2.35. The molecule has 5 heteroatoms. The largest absolute Gasteiger partial charge is 0.493 e. The third kappa shape index (κ3) is 6.55. The van der Waals surface area contributed by atoms with Gasteiger partial charge in [0, 0.05) is 19.8 Å². The normalized spacial score (nSPS) is 10.7. The molecule has 1 rings (SSSR count). The van der Waals surface area contributed by atoms with Crippen molar-refractivity contribution in [3.05, 3.63) is 22.7 Å². The first kappa shape index (κ1) is 18.1. The third-order valence-electron chi connectivity index (χ3n) is 3.11. The standard InChI is InChI=1S/C16H26ClNO3/c1-4-5-8-21-9-6-7-18-12-13-10-14(17)16(20-3)15(11-13)19-2/h10-11,18H,4-9,12H2,1-3H3. The molecule has 4 nitrogen and oxygen atoms in total. The van der Waals surface area contributed by atoms with Crippen LogP contribution in [0.4, 0.5) is 0 Å². The van der Waals surface area contributed by atoms with Gasteiger partial charge < -0.3 is 19.5 Å². The summed E-state index contributed by atoms with van der Waals surface area (Å²) in [7, 11) is 3.19. The van der Waals surface area contributed by atoms with E-state index >= 15 is 0 Å². The number of ether oxygens (including phenoxy) is 3. The predicted octanol–water partition coefficient (Wildman–Crippen LogP) is 3.65. The first-order valence-corrected chi connectivity index (χ1v) is 7.79. The average molecular weight is 316 g/mol. The fourth-order valence-corrected chi connectivity index (χ4v) is 2.26. The van der Waals surface area contributed by atoms with E-state index in [-0.39, 0.29) is 0 Å². The van der Waals surface area contributed by atoms with Gasteiger partial charge in [-0.3, -0.25) is 0 Å². The Labute approximate surface area is 132 Å². The highest BCUT2D eigenvalue weighted by molar-refractivity contribution is 6.32. The summed E-state index contributed by atoms with van der Waals surface area (Å²) >= 11 is 6.17. The SMILES string of the molecule is CCCCOCCCNCc1cc(Cl)c(OC)c(OC)c1. The Morgan fingerprint density at radius 1 is 1.10 bits per heavy atom. The highest BCUT2D eigenvalue weighted by atomic mass is 35.5. The lowest BCUT2D eigenvalue weighted by molar-refractivity contribution is 0.129. The molecule has 0 atom stereocenters. The molecule has 0 aromatic heterocycles. The van der Waals surface area contributed by atoms with Gasteiger partial charge in [-0.2, -0.15) is 0 Å². The molecule has 0 fully saturated rings. The molecule has 1 N–H and O–H groups in total. The second kappa shape index (κ2) is 10.7. The third-order valence-corrected chi connectivity index (χ3v) is 3.39. The Balaban J connectivity index is 2.31. The molecular weight excluding hydrogens is 290 g/mol. The summed E-state index contributed by atoms with van der Waals surface area (Å²) in [6.07, 6.45) is 3.32. The lowest BCUT2D eigenvalue weighted by Gasteiger charge is -2.12. The Hall–Kier alpha value is -0.970. The minimum Gasteiger partial charge on any atom is -0.493 e. The van der Waals surface area contributed by atoms with Crippen LogP contribution < -0.4 is 14.8 Å². The van der Waals surface area contributed by atoms with Crippen LogP contribution in [-0.4, -0.2) is 34.0 Å². The van der Waals surface area contributed by atoms with Gasteiger partial charge in [0.05, 0.1) is 19.2 Å². The Bertz CT molecular complexity index is 413. The molecule has 0 aliphatic rings. The van der Waals surface area contributed by atoms with Crippen LogP contribution in [0.25, 0.3) is 0 Å². The van der Waals surface area contributed by atoms with Crippen molar-refractivity contribution in [3.8, 4) is 11.5 Å². The minimum atomic E-state index is 0.566. The van der Waals surface area contributed by atoms with Crippen LogP contribution in [-0.2, 0) is 11.3 Å². The van der Waals surface area contributed by atoms with Gasteiger partial charge in [-0.15, -0.1) is 0 Å². The summed E-state index contributed by atoms with van der Waals surface area (Å²) < 4.78 is 16.0. The molecule has 0 heterocycles. The molecule has 0 saturated carbocycles. The van der Waals surface area contributed by atoms with Crippen molar-refractivity contribution in [1.29, 1.82) is 0 Å². The Morgan fingerprint density at radius 3 is 2.52 bits per heavy atom. The van der Waals surface area contributed by atoms with Crippen molar-refractivity contribution in [1.82, 2.24) is 5.32 Å². The van der Waals surface area contributed by atoms with E-state index in [9.17, 15) is 0 Å². The first-order valence-electron chi connectivity index (χ1n) is 7.41. The molecule has 0 aliphatic heterocycles. The molecule has 120 valence electrons. The lowest BCUT2D eigenvalue weighted by atomic mass is 10.2. The maximum Gasteiger partial charge on any atom is 0.179 e. The smallest absolute Gasteiger partial charge is 0.179 e. The van der Waals surface area contributed by atoms with Crippen molar-refractivity contribution < 1.29 is 14.2 Å². The molecule has 1 aromatic rings. The second-order valence-corrected chi connectivity index (χ2v) is 5.22. The van der Waals surface area contributed by atoms with Gasteiger partial charge >= 0.3 is 0 Å². The summed E-state index contributed by atoms with van der Waals surface area (Å²) in [5.74, 6) is 1.23. The number of rotatable bonds is 11. The van der Waals surface area contributed by atoms with E-state index in [2.05, 4.69) is 12.2 Å². The second-order valence-electron chi connectivity index (χ2n) is 4.81. The summed E-state index contributed by atoms with van der Waals surface area (Å²) in [4.78, 5) is 0. The van der Waals surface area contributed by atoms with Crippen molar-refractivity contribution >= 4 is 11.6 Å². The molecule has 21 heavy (non-hydrogen) atoms. The van der Waals surface area contributed by atoms with Crippen LogP contribution in [0.1, 0.15) is 31.7 Å². The number of nitrogens with one attached hydrogen (secondary N) is 1. The predicted molar refractivity (Wildman–Crippen MR) is 86.6 cm³/mol. The van der Waals surface area contributed by atoms with E-state index in [1.807, 2.05) is 12.1 Å². The van der Waals surface area contributed by atoms with E-state index in [0.29, 0.717) is 16.5 Å². The minimum absolute atomic E-state index is 0.566. The summed E-state index contributed by atoms with van der Waals surface area (Å²) in [5.41, 5.74) is 1.07. The average Bonchev–Trinajstić information content (AvgIpc) is 2.49. The fraction of sp³-hybridized carbons (Fsp3) is 0.625. The van der Waals surface area contributed by atoms with Crippen LogP contribution in [0.2, 0.25) is 5.02 Å². The van der Waals surface area contributed by atoms with Gasteiger partial charge in [0.1, 0.15) is 0 Å². The number of halogens is 1. The quantitative estimate of drug-likeness (QED) is 0.633. The van der Waals surface area contributed by atoms with E-state index in [0.717, 1.165) is 44.7 Å². The van der Waals surface area contributed by atoms with Gasteiger partial charge in [-0.25, -0.2) is 0 Å². The van der Waals surface area contributed by atoms with Gasteiger partial charge in [-0.1, -0.05) is 24.9 Å². The zero-order valence-corrected chi connectivity index (χ0v) is 14.0.